The summed E-state index contributed by atoms with van der Waals surface area (Å²) in [6.45, 7) is 7.49. The van der Waals surface area contributed by atoms with Gasteiger partial charge in [-0.2, -0.15) is 0 Å². The van der Waals surface area contributed by atoms with Gasteiger partial charge < -0.3 is 10.2 Å². The average Bonchev–Trinajstić information content (AvgIpc) is 2.94. The van der Waals surface area contributed by atoms with Crippen molar-refractivity contribution >= 4 is 22.8 Å². The lowest BCUT2D eigenvalue weighted by atomic mass is 10.1. The van der Waals surface area contributed by atoms with Gasteiger partial charge in [-0.1, -0.05) is 5.21 Å². The first-order chi connectivity index (χ1) is 10.6. The molecule has 0 atom stereocenters. The van der Waals surface area contributed by atoms with E-state index in [2.05, 4.69) is 15.6 Å². The lowest BCUT2D eigenvalue weighted by molar-refractivity contribution is -0.121. The molecule has 0 radical (unpaired) electrons. The predicted molar refractivity (Wildman–Crippen MR) is 83.5 cm³/mol. The monoisotopic (exact) mass is 303 g/mol. The fraction of sp³-hybridized carbons (Fsp3) is 0.467. The summed E-state index contributed by atoms with van der Waals surface area (Å²) in [5, 5.41) is 10.8. The van der Waals surface area contributed by atoms with Gasteiger partial charge in [0, 0.05) is 25.2 Å². The van der Waals surface area contributed by atoms with Crippen LogP contribution in [0.1, 0.15) is 31.1 Å². The largest absolute Gasteiger partial charge is 0.355 e. The van der Waals surface area contributed by atoms with E-state index in [9.17, 15) is 9.59 Å². The first-order valence-corrected chi connectivity index (χ1v) is 7.49. The van der Waals surface area contributed by atoms with Crippen LogP contribution in [0.2, 0.25) is 0 Å². The molecule has 0 saturated carbocycles. The Morgan fingerprint density at radius 2 is 2.05 bits per heavy atom. The highest BCUT2D eigenvalue weighted by molar-refractivity contribution is 5.99. The molecular formula is C15H21N5O2. The van der Waals surface area contributed by atoms with Gasteiger partial charge in [0.25, 0.3) is 5.91 Å². The molecule has 0 unspecified atom stereocenters. The van der Waals surface area contributed by atoms with Gasteiger partial charge in [0.2, 0.25) is 5.91 Å². The Labute approximate surface area is 129 Å². The van der Waals surface area contributed by atoms with Gasteiger partial charge in [0.1, 0.15) is 5.52 Å². The minimum Gasteiger partial charge on any atom is -0.355 e. The second-order valence-electron chi connectivity index (χ2n) is 4.88. The van der Waals surface area contributed by atoms with Gasteiger partial charge in [-0.15, -0.1) is 5.10 Å². The van der Waals surface area contributed by atoms with E-state index < -0.39 is 0 Å². The lowest BCUT2D eigenvalue weighted by Crippen LogP contribution is -2.40. The predicted octanol–water partition coefficient (Wildman–Crippen LogP) is 1.05. The van der Waals surface area contributed by atoms with Crippen LogP contribution in [-0.2, 0) is 11.3 Å². The Morgan fingerprint density at radius 3 is 2.68 bits per heavy atom. The van der Waals surface area contributed by atoms with Crippen LogP contribution >= 0.6 is 0 Å². The van der Waals surface area contributed by atoms with E-state index in [0.29, 0.717) is 24.2 Å². The van der Waals surface area contributed by atoms with Gasteiger partial charge in [0.15, 0.2) is 0 Å². The van der Waals surface area contributed by atoms with Crippen LogP contribution < -0.4 is 5.32 Å². The lowest BCUT2D eigenvalue weighted by Gasteiger charge is -2.20. The Morgan fingerprint density at radius 1 is 1.27 bits per heavy atom. The van der Waals surface area contributed by atoms with Crippen LogP contribution in [0.4, 0.5) is 0 Å². The zero-order valence-electron chi connectivity index (χ0n) is 13.2. The second kappa shape index (κ2) is 7.02. The SMILES string of the molecule is CCNC(=O)CN(CC)C(=O)c1ccc2c(c1)nnn2CC. The number of aromatic nitrogens is 3. The van der Waals surface area contributed by atoms with Crippen molar-refractivity contribution < 1.29 is 9.59 Å². The van der Waals surface area contributed by atoms with Crippen LogP contribution in [-0.4, -0.2) is 51.3 Å². The summed E-state index contributed by atoms with van der Waals surface area (Å²) in [6.07, 6.45) is 0. The van der Waals surface area contributed by atoms with E-state index >= 15 is 0 Å². The first kappa shape index (κ1) is 15.9. The standard InChI is InChI=1S/C15H21N5O2/c1-4-16-14(21)10-19(5-2)15(22)11-7-8-13-12(9-11)17-18-20(13)6-3/h7-9H,4-6,10H2,1-3H3,(H,16,21). The molecule has 0 aliphatic heterocycles. The molecule has 7 nitrogen and oxygen atoms in total. The van der Waals surface area contributed by atoms with Crippen LogP contribution in [0.5, 0.6) is 0 Å². The number of nitrogens with one attached hydrogen (secondary N) is 1. The summed E-state index contributed by atoms with van der Waals surface area (Å²) in [7, 11) is 0. The van der Waals surface area contributed by atoms with Crippen molar-refractivity contribution in [3.05, 3.63) is 23.8 Å². The van der Waals surface area contributed by atoms with Crippen molar-refractivity contribution in [3.8, 4) is 0 Å². The number of carbonyl (C=O) groups is 2. The molecule has 1 aromatic carbocycles. The van der Waals surface area contributed by atoms with Gasteiger partial charge >= 0.3 is 0 Å². The minimum atomic E-state index is -0.179. The number of hydrogen-bond donors (Lipinski definition) is 1. The summed E-state index contributed by atoms with van der Waals surface area (Å²) in [5.41, 5.74) is 2.09. The molecule has 1 N–H and O–H groups in total. The van der Waals surface area contributed by atoms with Gasteiger partial charge in [-0.3, -0.25) is 9.59 Å². The van der Waals surface area contributed by atoms with Crippen molar-refractivity contribution in [3.63, 3.8) is 0 Å². The number of hydrogen-bond acceptors (Lipinski definition) is 4. The third-order valence-corrected chi connectivity index (χ3v) is 3.44. The molecule has 0 bridgehead atoms. The molecule has 1 heterocycles. The zero-order valence-corrected chi connectivity index (χ0v) is 13.2. The topological polar surface area (TPSA) is 80.1 Å². The maximum absolute atomic E-state index is 12.5. The van der Waals surface area contributed by atoms with Gasteiger partial charge in [-0.25, -0.2) is 4.68 Å². The molecule has 2 aromatic rings. The van der Waals surface area contributed by atoms with E-state index in [-0.39, 0.29) is 18.4 Å². The third kappa shape index (κ3) is 3.24. The summed E-state index contributed by atoms with van der Waals surface area (Å²) in [4.78, 5) is 25.7. The molecule has 0 saturated heterocycles. The fourth-order valence-electron chi connectivity index (χ4n) is 2.27. The molecule has 1 aromatic heterocycles. The molecular weight excluding hydrogens is 282 g/mol. The Balaban J connectivity index is 2.21. The number of likely N-dealkylation sites (N-methyl/N-ethyl adjacent to an activating group) is 2. The van der Waals surface area contributed by atoms with E-state index in [0.717, 1.165) is 12.1 Å². The van der Waals surface area contributed by atoms with Crippen molar-refractivity contribution in [2.45, 2.75) is 27.3 Å². The summed E-state index contributed by atoms with van der Waals surface area (Å²) < 4.78 is 1.77. The van der Waals surface area contributed by atoms with E-state index in [4.69, 9.17) is 0 Å². The Bertz CT molecular complexity index is 680. The average molecular weight is 303 g/mol. The maximum Gasteiger partial charge on any atom is 0.254 e. The molecule has 0 aliphatic rings. The van der Waals surface area contributed by atoms with Crippen molar-refractivity contribution in [2.24, 2.45) is 0 Å². The van der Waals surface area contributed by atoms with E-state index in [1.165, 1.54) is 4.90 Å². The molecule has 22 heavy (non-hydrogen) atoms. The number of aryl methyl sites for hydroxylation is 1. The Hall–Kier alpha value is -2.44. The number of amides is 2. The number of rotatable bonds is 6. The van der Waals surface area contributed by atoms with E-state index in [1.54, 1.807) is 16.8 Å². The molecule has 0 spiro atoms. The van der Waals surface area contributed by atoms with Crippen LogP contribution in [0, 0.1) is 0 Å². The summed E-state index contributed by atoms with van der Waals surface area (Å²) >= 11 is 0. The molecule has 0 aliphatic carbocycles. The Kier molecular flexibility index (Phi) is 5.08. The second-order valence-corrected chi connectivity index (χ2v) is 4.88. The van der Waals surface area contributed by atoms with Crippen molar-refractivity contribution in [1.29, 1.82) is 0 Å². The molecule has 2 rings (SSSR count). The fourth-order valence-corrected chi connectivity index (χ4v) is 2.27. The number of carbonyl (C=O) groups excluding carboxylic acids is 2. The smallest absolute Gasteiger partial charge is 0.254 e. The minimum absolute atomic E-state index is 0.0584. The van der Waals surface area contributed by atoms with Crippen molar-refractivity contribution in [1.82, 2.24) is 25.2 Å². The van der Waals surface area contributed by atoms with Crippen molar-refractivity contribution in [2.75, 3.05) is 19.6 Å². The molecule has 2 amide bonds. The quantitative estimate of drug-likeness (QED) is 0.865. The number of fused-ring (bicyclic) bond motifs is 1. The van der Waals surface area contributed by atoms with Crippen LogP contribution in [0.15, 0.2) is 18.2 Å². The first-order valence-electron chi connectivity index (χ1n) is 7.49. The normalized spacial score (nSPS) is 10.7. The summed E-state index contributed by atoms with van der Waals surface area (Å²) in [6, 6.07) is 5.31. The van der Waals surface area contributed by atoms with Gasteiger partial charge in [-0.05, 0) is 39.0 Å². The maximum atomic E-state index is 12.5. The van der Waals surface area contributed by atoms with E-state index in [1.807, 2.05) is 26.8 Å². The molecule has 0 fully saturated rings. The van der Waals surface area contributed by atoms with Crippen LogP contribution in [0.25, 0.3) is 11.0 Å². The number of nitrogens with zero attached hydrogens (tertiary/aromatic N) is 4. The van der Waals surface area contributed by atoms with Gasteiger partial charge in [0.05, 0.1) is 12.1 Å². The third-order valence-electron chi connectivity index (χ3n) is 3.44. The highest BCUT2D eigenvalue weighted by Crippen LogP contribution is 2.15. The summed E-state index contributed by atoms with van der Waals surface area (Å²) in [5.74, 6) is -0.336. The highest BCUT2D eigenvalue weighted by Gasteiger charge is 2.18. The molecule has 118 valence electrons. The zero-order chi connectivity index (χ0) is 16.1. The molecule has 7 heteroatoms. The highest BCUT2D eigenvalue weighted by atomic mass is 16.2. The number of benzene rings is 1. The van der Waals surface area contributed by atoms with Crippen LogP contribution in [0.3, 0.4) is 0 Å².